The predicted molar refractivity (Wildman–Crippen MR) is 80.4 cm³/mol. The molecule has 0 unspecified atom stereocenters. The maximum atomic E-state index is 10.4. The van der Waals surface area contributed by atoms with Crippen molar-refractivity contribution in [1.29, 1.82) is 0 Å². The van der Waals surface area contributed by atoms with Crippen molar-refractivity contribution >= 4 is 0 Å². The third-order valence-corrected chi connectivity index (χ3v) is 6.81. The van der Waals surface area contributed by atoms with Gasteiger partial charge in [-0.1, -0.05) is 13.0 Å². The van der Waals surface area contributed by atoms with Crippen molar-refractivity contribution in [2.45, 2.75) is 57.5 Å². The van der Waals surface area contributed by atoms with Crippen LogP contribution in [0.2, 0.25) is 0 Å². The molecule has 1 aromatic carbocycles. The van der Waals surface area contributed by atoms with Crippen molar-refractivity contribution in [2.24, 2.45) is 17.3 Å². The number of hydrogen-bond donors (Lipinski definition) is 3. The Hall–Kier alpha value is -1.22. The van der Waals surface area contributed by atoms with Crippen LogP contribution in [0, 0.1) is 17.3 Å². The third kappa shape index (κ3) is 1.70. The molecule has 4 rings (SSSR count). The molecule has 1 aromatic rings. The maximum Gasteiger partial charge on any atom is 0.160 e. The molecular weight excluding hydrogens is 264 g/mol. The molecule has 0 aliphatic heterocycles. The number of fused-ring (bicyclic) bond motifs is 5. The molecule has 21 heavy (non-hydrogen) atoms. The largest absolute Gasteiger partial charge is 0.504 e. The molecule has 5 atom stereocenters. The van der Waals surface area contributed by atoms with E-state index in [1.165, 1.54) is 5.56 Å². The Kier molecular flexibility index (Phi) is 2.81. The number of rotatable bonds is 0. The first-order valence-corrected chi connectivity index (χ1v) is 8.24. The summed E-state index contributed by atoms with van der Waals surface area (Å²) in [6, 6.07) is 3.64. The lowest BCUT2D eigenvalue weighted by Gasteiger charge is -2.50. The summed E-state index contributed by atoms with van der Waals surface area (Å²) in [7, 11) is 0. The van der Waals surface area contributed by atoms with Crippen LogP contribution in [0.25, 0.3) is 0 Å². The molecule has 2 fully saturated rings. The predicted octanol–water partition coefficient (Wildman–Crippen LogP) is 3.31. The molecule has 0 bridgehead atoms. The number of aromatic hydroxyl groups is 2. The number of benzene rings is 1. The fourth-order valence-electron chi connectivity index (χ4n) is 5.61. The second-order valence-corrected chi connectivity index (χ2v) is 7.55. The van der Waals surface area contributed by atoms with E-state index in [-0.39, 0.29) is 23.0 Å². The van der Waals surface area contributed by atoms with E-state index in [0.717, 1.165) is 44.1 Å². The molecule has 3 nitrogen and oxygen atoms in total. The van der Waals surface area contributed by atoms with Crippen molar-refractivity contribution in [1.82, 2.24) is 0 Å². The number of phenols is 2. The standard InChI is InChI=1S/C18H24O3/c1-18-9-8-11-10-4-6-15(19)17(21)13(10)3-2-12(11)14(18)5-7-16(18)20/h4,6,11-12,14,16,19-21H,2-3,5,7-9H2,1H3/t11-,12-,14+,16-,18+/m1/s1. The van der Waals surface area contributed by atoms with E-state index in [1.807, 2.05) is 6.07 Å². The monoisotopic (exact) mass is 288 g/mol. The van der Waals surface area contributed by atoms with Crippen LogP contribution in [0.5, 0.6) is 11.5 Å². The zero-order valence-electron chi connectivity index (χ0n) is 12.5. The van der Waals surface area contributed by atoms with E-state index < -0.39 is 0 Å². The van der Waals surface area contributed by atoms with E-state index >= 15 is 0 Å². The molecule has 0 aromatic heterocycles. The van der Waals surface area contributed by atoms with Gasteiger partial charge in [0.2, 0.25) is 0 Å². The molecule has 114 valence electrons. The number of aliphatic hydroxyl groups excluding tert-OH is 1. The normalized spacial score (nSPS) is 41.2. The summed E-state index contributed by atoms with van der Waals surface area (Å²) in [5.74, 6) is 1.81. The van der Waals surface area contributed by atoms with E-state index in [0.29, 0.717) is 17.8 Å². The molecular formula is C18H24O3. The van der Waals surface area contributed by atoms with Gasteiger partial charge in [-0.05, 0) is 73.3 Å². The highest BCUT2D eigenvalue weighted by atomic mass is 16.3. The number of phenolic OH excluding ortho intramolecular Hbond substituents is 2. The number of hydrogen-bond acceptors (Lipinski definition) is 3. The van der Waals surface area contributed by atoms with E-state index in [4.69, 9.17) is 0 Å². The van der Waals surface area contributed by atoms with Crippen molar-refractivity contribution in [2.75, 3.05) is 0 Å². The highest BCUT2D eigenvalue weighted by Crippen LogP contribution is 2.61. The minimum Gasteiger partial charge on any atom is -0.504 e. The summed E-state index contributed by atoms with van der Waals surface area (Å²) in [6.07, 6.45) is 6.02. The molecule has 0 spiro atoms. The lowest BCUT2D eigenvalue weighted by atomic mass is 9.55. The smallest absolute Gasteiger partial charge is 0.160 e. The first-order valence-electron chi connectivity index (χ1n) is 8.24. The van der Waals surface area contributed by atoms with Gasteiger partial charge >= 0.3 is 0 Å². The van der Waals surface area contributed by atoms with Crippen LogP contribution in [0.1, 0.15) is 56.1 Å². The van der Waals surface area contributed by atoms with Crippen LogP contribution in [-0.4, -0.2) is 21.4 Å². The Labute approximate surface area is 125 Å². The van der Waals surface area contributed by atoms with Gasteiger partial charge in [-0.25, -0.2) is 0 Å². The lowest BCUT2D eigenvalue weighted by molar-refractivity contribution is -0.0227. The van der Waals surface area contributed by atoms with Crippen LogP contribution in [0.15, 0.2) is 12.1 Å². The average molecular weight is 288 g/mol. The first kappa shape index (κ1) is 13.4. The van der Waals surface area contributed by atoms with Crippen molar-refractivity contribution in [3.8, 4) is 11.5 Å². The van der Waals surface area contributed by atoms with Crippen LogP contribution >= 0.6 is 0 Å². The van der Waals surface area contributed by atoms with Gasteiger partial charge in [0, 0.05) is 5.56 Å². The van der Waals surface area contributed by atoms with Gasteiger partial charge in [0.05, 0.1) is 6.10 Å². The van der Waals surface area contributed by atoms with Crippen molar-refractivity contribution in [3.05, 3.63) is 23.3 Å². The SMILES string of the molecule is C[C@]12CC[C@@H]3c4ccc(O)c(O)c4CC[C@H]3[C@@H]1CC[C@H]2O. The highest BCUT2D eigenvalue weighted by Gasteiger charge is 2.54. The molecule has 3 N–H and O–H groups in total. The van der Waals surface area contributed by atoms with Crippen LogP contribution in [0.3, 0.4) is 0 Å². The molecule has 3 aliphatic carbocycles. The summed E-state index contributed by atoms with van der Waals surface area (Å²) in [5.41, 5.74) is 2.29. The molecule has 0 heterocycles. The summed E-state index contributed by atoms with van der Waals surface area (Å²) in [6.45, 7) is 2.27. The first-order chi connectivity index (χ1) is 10.0. The molecule has 0 saturated heterocycles. The van der Waals surface area contributed by atoms with Crippen molar-refractivity contribution < 1.29 is 15.3 Å². The summed E-state index contributed by atoms with van der Waals surface area (Å²) >= 11 is 0. The van der Waals surface area contributed by atoms with Gasteiger partial charge in [0.15, 0.2) is 11.5 Å². The Morgan fingerprint density at radius 2 is 1.90 bits per heavy atom. The molecule has 3 aliphatic rings. The number of aliphatic hydroxyl groups is 1. The topological polar surface area (TPSA) is 60.7 Å². The van der Waals surface area contributed by atoms with Gasteiger partial charge in [-0.3, -0.25) is 0 Å². The summed E-state index contributed by atoms with van der Waals surface area (Å²) < 4.78 is 0. The van der Waals surface area contributed by atoms with Gasteiger partial charge < -0.3 is 15.3 Å². The van der Waals surface area contributed by atoms with Gasteiger partial charge in [0.1, 0.15) is 0 Å². The van der Waals surface area contributed by atoms with E-state index in [9.17, 15) is 15.3 Å². The summed E-state index contributed by atoms with van der Waals surface area (Å²) in [5, 5.41) is 30.2. The van der Waals surface area contributed by atoms with Gasteiger partial charge in [0.25, 0.3) is 0 Å². The van der Waals surface area contributed by atoms with Gasteiger partial charge in [-0.2, -0.15) is 0 Å². The summed E-state index contributed by atoms with van der Waals surface area (Å²) in [4.78, 5) is 0. The second-order valence-electron chi connectivity index (χ2n) is 7.55. The zero-order chi connectivity index (χ0) is 14.8. The Bertz CT molecular complexity index is 582. The molecule has 3 heteroatoms. The fourth-order valence-corrected chi connectivity index (χ4v) is 5.61. The van der Waals surface area contributed by atoms with E-state index in [1.54, 1.807) is 6.07 Å². The second kappa shape index (κ2) is 4.39. The van der Waals surface area contributed by atoms with Crippen LogP contribution in [-0.2, 0) is 6.42 Å². The Morgan fingerprint density at radius 1 is 1.10 bits per heavy atom. The zero-order valence-corrected chi connectivity index (χ0v) is 12.5. The molecule has 0 amide bonds. The minimum absolute atomic E-state index is 0.00383. The third-order valence-electron chi connectivity index (χ3n) is 6.81. The maximum absolute atomic E-state index is 10.4. The van der Waals surface area contributed by atoms with Crippen LogP contribution < -0.4 is 0 Å². The fraction of sp³-hybridized carbons (Fsp3) is 0.667. The highest BCUT2D eigenvalue weighted by molar-refractivity contribution is 5.51. The Balaban J connectivity index is 1.74. The van der Waals surface area contributed by atoms with Crippen molar-refractivity contribution in [3.63, 3.8) is 0 Å². The average Bonchev–Trinajstić information content (AvgIpc) is 2.78. The van der Waals surface area contributed by atoms with E-state index in [2.05, 4.69) is 6.92 Å². The Morgan fingerprint density at radius 3 is 2.71 bits per heavy atom. The minimum atomic E-state index is -0.141. The molecule has 2 saturated carbocycles. The van der Waals surface area contributed by atoms with Gasteiger partial charge in [-0.15, -0.1) is 0 Å². The molecule has 0 radical (unpaired) electrons. The lowest BCUT2D eigenvalue weighted by Crippen LogP contribution is -2.43. The quantitative estimate of drug-likeness (QED) is 0.642. The van der Waals surface area contributed by atoms with Crippen LogP contribution in [0.4, 0.5) is 0 Å².